The molecule has 1 aliphatic rings. The molecule has 1 atom stereocenters. The van der Waals surface area contributed by atoms with E-state index in [0.29, 0.717) is 12.2 Å². The third-order valence-corrected chi connectivity index (χ3v) is 5.33. The summed E-state index contributed by atoms with van der Waals surface area (Å²) in [5, 5.41) is 14.1. The van der Waals surface area contributed by atoms with Crippen LogP contribution in [0.15, 0.2) is 30.3 Å². The highest BCUT2D eigenvalue weighted by molar-refractivity contribution is 7.91. The summed E-state index contributed by atoms with van der Waals surface area (Å²) in [6.07, 6.45) is 0.373. The van der Waals surface area contributed by atoms with Gasteiger partial charge in [0, 0.05) is 0 Å². The Bertz CT molecular complexity index is 772. The van der Waals surface area contributed by atoms with Crippen molar-refractivity contribution in [3.63, 3.8) is 0 Å². The lowest BCUT2D eigenvalue weighted by Crippen LogP contribution is -2.31. The lowest BCUT2D eigenvalue weighted by molar-refractivity contribution is -0.124. The smallest absolute Gasteiger partial charge is 0.224 e. The molecule has 0 aliphatic carbocycles. The van der Waals surface area contributed by atoms with Crippen LogP contribution in [0.25, 0.3) is 5.69 Å². The molecule has 2 aromatic rings. The van der Waals surface area contributed by atoms with Crippen molar-refractivity contribution < 1.29 is 13.2 Å². The number of para-hydroxylation sites is 1. The number of hydrogen-bond donors (Lipinski definition) is 1. The molecule has 1 amide bonds. The molecule has 0 bridgehead atoms. The number of sulfone groups is 1. The molecule has 0 radical (unpaired) electrons. The molecular weight excluding hydrogens is 306 g/mol. The van der Waals surface area contributed by atoms with Crippen LogP contribution in [0.3, 0.4) is 0 Å². The average molecular weight is 321 g/mol. The van der Waals surface area contributed by atoms with E-state index < -0.39 is 15.8 Å². The largest absolute Gasteiger partial charge is 0.348 e. The third kappa shape index (κ3) is 3.14. The minimum absolute atomic E-state index is 0.0762. The fraction of sp³-hybridized carbons (Fsp3) is 0.385. The van der Waals surface area contributed by atoms with Gasteiger partial charge >= 0.3 is 0 Å². The number of carbonyl (C=O) groups excluding carboxylic acids is 1. The summed E-state index contributed by atoms with van der Waals surface area (Å²) in [5.74, 6) is -0.273. The van der Waals surface area contributed by atoms with Crippen molar-refractivity contribution >= 4 is 15.7 Å². The molecule has 1 saturated heterocycles. The van der Waals surface area contributed by atoms with Crippen molar-refractivity contribution in [2.24, 2.45) is 5.92 Å². The van der Waals surface area contributed by atoms with Crippen molar-refractivity contribution in [3.8, 4) is 5.69 Å². The third-order valence-electron chi connectivity index (χ3n) is 3.56. The zero-order chi connectivity index (χ0) is 15.6. The van der Waals surface area contributed by atoms with Crippen LogP contribution in [0.5, 0.6) is 0 Å². The number of rotatable bonds is 4. The Kier molecular flexibility index (Phi) is 3.88. The fourth-order valence-corrected chi connectivity index (χ4v) is 4.14. The molecule has 1 aromatic carbocycles. The van der Waals surface area contributed by atoms with Gasteiger partial charge in [0.05, 0.1) is 29.7 Å². The molecular formula is C13H15N5O3S. The summed E-state index contributed by atoms with van der Waals surface area (Å²) < 4.78 is 24.3. The predicted octanol–water partition coefficient (Wildman–Crippen LogP) is -0.287. The van der Waals surface area contributed by atoms with Crippen LogP contribution in [0.2, 0.25) is 0 Å². The molecule has 1 N–H and O–H groups in total. The van der Waals surface area contributed by atoms with Crippen molar-refractivity contribution in [2.75, 3.05) is 11.5 Å². The van der Waals surface area contributed by atoms with E-state index in [1.165, 1.54) is 4.68 Å². The highest BCUT2D eigenvalue weighted by atomic mass is 32.2. The van der Waals surface area contributed by atoms with E-state index >= 15 is 0 Å². The minimum Gasteiger partial charge on any atom is -0.348 e. The van der Waals surface area contributed by atoms with Crippen molar-refractivity contribution in [1.82, 2.24) is 25.5 Å². The molecule has 0 spiro atoms. The van der Waals surface area contributed by atoms with E-state index in [9.17, 15) is 13.2 Å². The first kappa shape index (κ1) is 14.6. The molecule has 3 rings (SSSR count). The molecule has 1 aliphatic heterocycles. The summed E-state index contributed by atoms with van der Waals surface area (Å²) in [4.78, 5) is 12.0. The van der Waals surface area contributed by atoms with E-state index in [1.807, 2.05) is 30.3 Å². The van der Waals surface area contributed by atoms with Gasteiger partial charge in [0.2, 0.25) is 5.91 Å². The zero-order valence-corrected chi connectivity index (χ0v) is 12.5. The first-order chi connectivity index (χ1) is 10.6. The average Bonchev–Trinajstić information content (AvgIpc) is 3.12. The van der Waals surface area contributed by atoms with Crippen LogP contribution >= 0.6 is 0 Å². The van der Waals surface area contributed by atoms with Gasteiger partial charge in [-0.1, -0.05) is 18.2 Å². The van der Waals surface area contributed by atoms with E-state index in [-0.39, 0.29) is 24.0 Å². The quantitative estimate of drug-likeness (QED) is 0.829. The number of carbonyl (C=O) groups is 1. The van der Waals surface area contributed by atoms with Crippen molar-refractivity contribution in [3.05, 3.63) is 36.2 Å². The van der Waals surface area contributed by atoms with Gasteiger partial charge in [0.25, 0.3) is 0 Å². The second-order valence-electron chi connectivity index (χ2n) is 5.16. The highest BCUT2D eigenvalue weighted by Crippen LogP contribution is 2.18. The summed E-state index contributed by atoms with van der Waals surface area (Å²) in [6.45, 7) is 0.150. The summed E-state index contributed by atoms with van der Waals surface area (Å²) in [5.41, 5.74) is 0.792. The van der Waals surface area contributed by atoms with E-state index in [0.717, 1.165) is 5.69 Å². The van der Waals surface area contributed by atoms with Gasteiger partial charge in [-0.15, -0.1) is 5.10 Å². The Labute approximate surface area is 127 Å². The van der Waals surface area contributed by atoms with E-state index in [4.69, 9.17) is 0 Å². The standard InChI is InChI=1S/C13H15N5O3S/c19-13(10-6-7-22(20,21)9-10)14-8-12-15-16-17-18(12)11-4-2-1-3-5-11/h1-5,10H,6-9H2,(H,14,19). The number of nitrogens with zero attached hydrogens (tertiary/aromatic N) is 4. The molecule has 22 heavy (non-hydrogen) atoms. The molecule has 0 saturated carbocycles. The molecule has 9 heteroatoms. The Morgan fingerprint density at radius 1 is 1.32 bits per heavy atom. The minimum atomic E-state index is -3.07. The zero-order valence-electron chi connectivity index (χ0n) is 11.7. The lowest BCUT2D eigenvalue weighted by Gasteiger charge is -2.09. The number of tetrazole rings is 1. The maximum atomic E-state index is 12.0. The summed E-state index contributed by atoms with van der Waals surface area (Å²) >= 11 is 0. The first-order valence-electron chi connectivity index (χ1n) is 6.86. The van der Waals surface area contributed by atoms with E-state index in [2.05, 4.69) is 20.8 Å². The van der Waals surface area contributed by atoms with Gasteiger partial charge < -0.3 is 5.32 Å². The second-order valence-corrected chi connectivity index (χ2v) is 7.39. The van der Waals surface area contributed by atoms with E-state index in [1.54, 1.807) is 0 Å². The topological polar surface area (TPSA) is 107 Å². The Morgan fingerprint density at radius 2 is 2.09 bits per heavy atom. The van der Waals surface area contributed by atoms with Crippen LogP contribution in [0.4, 0.5) is 0 Å². The monoisotopic (exact) mass is 321 g/mol. The highest BCUT2D eigenvalue weighted by Gasteiger charge is 2.32. The molecule has 1 aromatic heterocycles. The van der Waals surface area contributed by atoms with Gasteiger partial charge in [0.1, 0.15) is 0 Å². The van der Waals surface area contributed by atoms with Crippen molar-refractivity contribution in [1.29, 1.82) is 0 Å². The summed E-state index contributed by atoms with van der Waals surface area (Å²) in [6, 6.07) is 9.32. The Morgan fingerprint density at radius 3 is 2.77 bits per heavy atom. The van der Waals surface area contributed by atoms with Crippen LogP contribution in [-0.4, -0.2) is 46.0 Å². The van der Waals surface area contributed by atoms with Gasteiger partial charge in [-0.3, -0.25) is 4.79 Å². The lowest BCUT2D eigenvalue weighted by atomic mass is 10.1. The SMILES string of the molecule is O=C(NCc1nnnn1-c1ccccc1)C1CCS(=O)(=O)C1. The second kappa shape index (κ2) is 5.84. The van der Waals surface area contributed by atoms with Crippen LogP contribution in [0, 0.1) is 5.92 Å². The van der Waals surface area contributed by atoms with Gasteiger partial charge in [-0.2, -0.15) is 4.68 Å². The number of aromatic nitrogens is 4. The van der Waals surface area contributed by atoms with Crippen LogP contribution in [0.1, 0.15) is 12.2 Å². The number of nitrogens with one attached hydrogen (secondary N) is 1. The first-order valence-corrected chi connectivity index (χ1v) is 8.68. The molecule has 8 nitrogen and oxygen atoms in total. The van der Waals surface area contributed by atoms with Gasteiger partial charge in [-0.05, 0) is 29.0 Å². The van der Waals surface area contributed by atoms with Crippen molar-refractivity contribution in [2.45, 2.75) is 13.0 Å². The molecule has 2 heterocycles. The van der Waals surface area contributed by atoms with Gasteiger partial charge in [-0.25, -0.2) is 8.42 Å². The number of benzene rings is 1. The molecule has 1 fully saturated rings. The molecule has 1 unspecified atom stereocenters. The fourth-order valence-electron chi connectivity index (χ4n) is 2.40. The Hall–Kier alpha value is -2.29. The predicted molar refractivity (Wildman–Crippen MR) is 77.8 cm³/mol. The summed E-state index contributed by atoms with van der Waals surface area (Å²) in [7, 11) is -3.07. The van der Waals surface area contributed by atoms with Crippen LogP contribution < -0.4 is 5.32 Å². The maximum Gasteiger partial charge on any atom is 0.224 e. The normalized spacial score (nSPS) is 19.9. The number of hydrogen-bond acceptors (Lipinski definition) is 6. The van der Waals surface area contributed by atoms with Crippen LogP contribution in [-0.2, 0) is 21.2 Å². The van der Waals surface area contributed by atoms with Gasteiger partial charge in [0.15, 0.2) is 15.7 Å². The molecule has 116 valence electrons. The number of amides is 1. The Balaban J connectivity index is 1.66. The maximum absolute atomic E-state index is 12.0.